The predicted octanol–water partition coefficient (Wildman–Crippen LogP) is 1.47. The van der Waals surface area contributed by atoms with Gasteiger partial charge in [0.2, 0.25) is 5.91 Å². The number of nitrogens with zero attached hydrogens (tertiary/aromatic N) is 2. The van der Waals surface area contributed by atoms with E-state index in [1.807, 2.05) is 37.3 Å². The van der Waals surface area contributed by atoms with Gasteiger partial charge in [0.05, 0.1) is 0 Å². The number of carbonyl (C=O) groups is 2. The van der Waals surface area contributed by atoms with E-state index in [0.717, 1.165) is 5.56 Å². The molecule has 1 aromatic rings. The van der Waals surface area contributed by atoms with E-state index in [-0.39, 0.29) is 18.5 Å². The topological polar surface area (TPSA) is 40.6 Å². The summed E-state index contributed by atoms with van der Waals surface area (Å²) in [4.78, 5) is 26.1. The molecule has 2 rings (SSSR count). The highest BCUT2D eigenvalue weighted by Crippen LogP contribution is 2.13. The van der Waals surface area contributed by atoms with Crippen LogP contribution in [-0.4, -0.2) is 34.8 Å². The van der Waals surface area contributed by atoms with E-state index in [2.05, 4.69) is 0 Å². The largest absolute Gasteiger partial charge is 0.327 e. The summed E-state index contributed by atoms with van der Waals surface area (Å²) < 4.78 is 0. The van der Waals surface area contributed by atoms with Crippen LogP contribution in [0.1, 0.15) is 12.5 Å². The molecular formula is C12H14N2O2. The van der Waals surface area contributed by atoms with Gasteiger partial charge in [-0.15, -0.1) is 0 Å². The van der Waals surface area contributed by atoms with Gasteiger partial charge in [0.15, 0.2) is 0 Å². The van der Waals surface area contributed by atoms with Crippen molar-refractivity contribution in [3.63, 3.8) is 0 Å². The highest BCUT2D eigenvalue weighted by Gasteiger charge is 2.34. The number of benzene rings is 1. The van der Waals surface area contributed by atoms with Crippen molar-refractivity contribution in [1.29, 1.82) is 0 Å². The van der Waals surface area contributed by atoms with Gasteiger partial charge in [0, 0.05) is 13.1 Å². The van der Waals surface area contributed by atoms with Crippen LogP contribution in [-0.2, 0) is 11.3 Å². The van der Waals surface area contributed by atoms with Crippen molar-refractivity contribution in [1.82, 2.24) is 9.80 Å². The number of hydrogen-bond donors (Lipinski definition) is 0. The lowest BCUT2D eigenvalue weighted by Gasteiger charge is -2.15. The van der Waals surface area contributed by atoms with E-state index in [0.29, 0.717) is 13.1 Å². The summed E-state index contributed by atoms with van der Waals surface area (Å²) >= 11 is 0. The maximum atomic E-state index is 11.8. The minimum atomic E-state index is -0.184. The zero-order chi connectivity index (χ0) is 11.5. The molecule has 3 amide bonds. The predicted molar refractivity (Wildman–Crippen MR) is 59.6 cm³/mol. The molecule has 1 saturated heterocycles. The number of likely N-dealkylation sites (N-methyl/N-ethyl adjacent to an activating group) is 1. The van der Waals surface area contributed by atoms with Crippen molar-refractivity contribution in [2.24, 2.45) is 0 Å². The number of rotatable bonds is 3. The first-order valence-corrected chi connectivity index (χ1v) is 5.35. The summed E-state index contributed by atoms with van der Waals surface area (Å²) in [5, 5.41) is 0. The first-order chi connectivity index (χ1) is 7.72. The van der Waals surface area contributed by atoms with Crippen molar-refractivity contribution >= 4 is 11.9 Å². The molecule has 0 saturated carbocycles. The molecule has 4 nitrogen and oxygen atoms in total. The molecule has 4 heteroatoms. The molecule has 1 aromatic carbocycles. The van der Waals surface area contributed by atoms with E-state index in [1.54, 1.807) is 4.90 Å². The van der Waals surface area contributed by atoms with Gasteiger partial charge in [-0.1, -0.05) is 30.3 Å². The van der Waals surface area contributed by atoms with E-state index in [4.69, 9.17) is 0 Å². The number of amides is 3. The summed E-state index contributed by atoms with van der Waals surface area (Å²) in [6.07, 6.45) is 0. The summed E-state index contributed by atoms with van der Waals surface area (Å²) in [5.74, 6) is -0.108. The Morgan fingerprint density at radius 2 is 1.88 bits per heavy atom. The van der Waals surface area contributed by atoms with Gasteiger partial charge in [-0.3, -0.25) is 9.69 Å². The van der Waals surface area contributed by atoms with Crippen LogP contribution in [0.25, 0.3) is 0 Å². The number of urea groups is 1. The maximum Gasteiger partial charge on any atom is 0.327 e. The van der Waals surface area contributed by atoms with Crippen molar-refractivity contribution in [3.05, 3.63) is 35.9 Å². The third kappa shape index (κ3) is 1.91. The third-order valence-electron chi connectivity index (χ3n) is 2.66. The smallest absolute Gasteiger partial charge is 0.311 e. The Morgan fingerprint density at radius 1 is 1.19 bits per heavy atom. The van der Waals surface area contributed by atoms with Crippen LogP contribution in [0.3, 0.4) is 0 Å². The second kappa shape index (κ2) is 4.35. The van der Waals surface area contributed by atoms with E-state index in [1.165, 1.54) is 4.90 Å². The van der Waals surface area contributed by atoms with Crippen LogP contribution >= 0.6 is 0 Å². The SMILES string of the molecule is CCN1C(=O)CN(Cc2ccccc2)C1=O. The Balaban J connectivity index is 2.08. The second-order valence-electron chi connectivity index (χ2n) is 3.76. The molecule has 0 N–H and O–H groups in total. The normalized spacial score (nSPS) is 16.1. The zero-order valence-corrected chi connectivity index (χ0v) is 9.22. The molecule has 0 radical (unpaired) electrons. The number of carbonyl (C=O) groups excluding carboxylic acids is 2. The van der Waals surface area contributed by atoms with E-state index in [9.17, 15) is 9.59 Å². The Hall–Kier alpha value is -1.84. The van der Waals surface area contributed by atoms with E-state index < -0.39 is 0 Å². The van der Waals surface area contributed by atoms with Gasteiger partial charge >= 0.3 is 6.03 Å². The molecule has 1 heterocycles. The molecule has 1 aliphatic heterocycles. The van der Waals surface area contributed by atoms with Crippen LogP contribution in [0.2, 0.25) is 0 Å². The summed E-state index contributed by atoms with van der Waals surface area (Å²) in [5.41, 5.74) is 1.04. The van der Waals surface area contributed by atoms with Crippen molar-refractivity contribution < 1.29 is 9.59 Å². The van der Waals surface area contributed by atoms with Gasteiger partial charge < -0.3 is 4.90 Å². The van der Waals surface area contributed by atoms with Crippen molar-refractivity contribution in [2.45, 2.75) is 13.5 Å². The highest BCUT2D eigenvalue weighted by molar-refractivity contribution is 6.01. The average molecular weight is 218 g/mol. The van der Waals surface area contributed by atoms with Gasteiger partial charge in [-0.25, -0.2) is 4.79 Å². The summed E-state index contributed by atoms with van der Waals surface area (Å²) in [6, 6.07) is 9.50. The monoisotopic (exact) mass is 218 g/mol. The fourth-order valence-corrected chi connectivity index (χ4v) is 1.83. The summed E-state index contributed by atoms with van der Waals surface area (Å²) in [6.45, 7) is 2.95. The second-order valence-corrected chi connectivity index (χ2v) is 3.76. The molecule has 0 unspecified atom stereocenters. The van der Waals surface area contributed by atoms with Gasteiger partial charge in [0.1, 0.15) is 6.54 Å². The zero-order valence-electron chi connectivity index (χ0n) is 9.22. The molecule has 0 atom stereocenters. The first kappa shape index (κ1) is 10.7. The molecule has 0 bridgehead atoms. The quantitative estimate of drug-likeness (QED) is 0.721. The molecular weight excluding hydrogens is 204 g/mol. The summed E-state index contributed by atoms with van der Waals surface area (Å²) in [7, 11) is 0. The third-order valence-corrected chi connectivity index (χ3v) is 2.66. The molecule has 0 aliphatic carbocycles. The minimum absolute atomic E-state index is 0.108. The number of imide groups is 1. The average Bonchev–Trinajstić information content (AvgIpc) is 2.55. The highest BCUT2D eigenvalue weighted by atomic mass is 16.2. The van der Waals surface area contributed by atoms with Gasteiger partial charge in [-0.2, -0.15) is 0 Å². The Labute approximate surface area is 94.5 Å². The molecule has 1 fully saturated rings. The van der Waals surface area contributed by atoms with Crippen molar-refractivity contribution in [3.8, 4) is 0 Å². The van der Waals surface area contributed by atoms with Crippen LogP contribution in [0.15, 0.2) is 30.3 Å². The molecule has 16 heavy (non-hydrogen) atoms. The standard InChI is InChI=1S/C12H14N2O2/c1-2-14-11(15)9-13(12(14)16)8-10-6-4-3-5-7-10/h3-7H,2,8-9H2,1H3. The van der Waals surface area contributed by atoms with Gasteiger partial charge in [0.25, 0.3) is 0 Å². The Kier molecular flexibility index (Phi) is 2.90. The van der Waals surface area contributed by atoms with Gasteiger partial charge in [-0.05, 0) is 12.5 Å². The molecule has 0 aromatic heterocycles. The van der Waals surface area contributed by atoms with Crippen LogP contribution < -0.4 is 0 Å². The van der Waals surface area contributed by atoms with Crippen LogP contribution in [0.4, 0.5) is 4.79 Å². The molecule has 0 spiro atoms. The molecule has 1 aliphatic rings. The Morgan fingerprint density at radius 3 is 2.44 bits per heavy atom. The van der Waals surface area contributed by atoms with Crippen LogP contribution in [0, 0.1) is 0 Å². The lowest BCUT2D eigenvalue weighted by molar-refractivity contribution is -0.125. The fourth-order valence-electron chi connectivity index (χ4n) is 1.83. The first-order valence-electron chi connectivity index (χ1n) is 5.35. The Bertz CT molecular complexity index is 403. The fraction of sp³-hybridized carbons (Fsp3) is 0.333. The lowest BCUT2D eigenvalue weighted by atomic mass is 10.2. The van der Waals surface area contributed by atoms with E-state index >= 15 is 0 Å². The van der Waals surface area contributed by atoms with Crippen LogP contribution in [0.5, 0.6) is 0 Å². The number of hydrogen-bond acceptors (Lipinski definition) is 2. The van der Waals surface area contributed by atoms with Crippen molar-refractivity contribution in [2.75, 3.05) is 13.1 Å². The maximum absolute atomic E-state index is 11.8. The lowest BCUT2D eigenvalue weighted by Crippen LogP contribution is -2.32. The molecule has 84 valence electrons. The minimum Gasteiger partial charge on any atom is -0.311 e.